The first-order valence-corrected chi connectivity index (χ1v) is 2.25. The number of hydrogen-bond donors (Lipinski definition) is 2. The summed E-state index contributed by atoms with van der Waals surface area (Å²) in [4.78, 5) is 0. The summed E-state index contributed by atoms with van der Waals surface area (Å²) in [6, 6.07) is 0. The van der Waals surface area contributed by atoms with Gasteiger partial charge in [-0.25, -0.2) is 0 Å². The molecule has 1 atom stereocenters. The van der Waals surface area contributed by atoms with Gasteiger partial charge in [0.15, 0.2) is 0 Å². The van der Waals surface area contributed by atoms with Crippen molar-refractivity contribution in [2.24, 2.45) is 5.73 Å². The smallest absolute Gasteiger partial charge is 0.119 e. The van der Waals surface area contributed by atoms with Crippen molar-refractivity contribution in [1.29, 1.82) is 0 Å². The standard InChI is InChI=1S/C4H12N2O/c1-6-4(3-5)7-2/h4,6H,3,5H2,1-2H3. The van der Waals surface area contributed by atoms with Crippen LogP contribution in [-0.4, -0.2) is 26.9 Å². The molecule has 0 radical (unpaired) electrons. The molecule has 0 saturated carbocycles. The highest BCUT2D eigenvalue weighted by Gasteiger charge is 1.94. The first kappa shape index (κ1) is 6.88. The summed E-state index contributed by atoms with van der Waals surface area (Å²) in [7, 11) is 3.43. The van der Waals surface area contributed by atoms with E-state index < -0.39 is 0 Å². The number of rotatable bonds is 3. The third kappa shape index (κ3) is 2.56. The SMILES string of the molecule is CNC(CN)OC. The van der Waals surface area contributed by atoms with Crippen molar-refractivity contribution in [3.8, 4) is 0 Å². The minimum absolute atomic E-state index is 0.0139. The predicted octanol–water partition coefficient (Wildman–Crippen LogP) is -0.863. The average molecular weight is 104 g/mol. The second-order valence-electron chi connectivity index (χ2n) is 1.25. The highest BCUT2D eigenvalue weighted by Crippen LogP contribution is 1.73. The molecule has 0 heterocycles. The van der Waals surface area contributed by atoms with Gasteiger partial charge < -0.3 is 10.5 Å². The Morgan fingerprint density at radius 3 is 2.43 bits per heavy atom. The largest absolute Gasteiger partial charge is 0.365 e. The third-order valence-electron chi connectivity index (χ3n) is 0.821. The van der Waals surface area contributed by atoms with Crippen LogP contribution >= 0.6 is 0 Å². The summed E-state index contributed by atoms with van der Waals surface area (Å²) in [6.07, 6.45) is 0.0139. The van der Waals surface area contributed by atoms with E-state index in [1.54, 1.807) is 14.2 Å². The number of likely N-dealkylation sites (N-methyl/N-ethyl adjacent to an activating group) is 1. The number of ether oxygens (including phenoxy) is 1. The molecule has 3 nitrogen and oxygen atoms in total. The van der Waals surface area contributed by atoms with Crippen molar-refractivity contribution in [1.82, 2.24) is 5.32 Å². The van der Waals surface area contributed by atoms with Crippen LogP contribution in [0.25, 0.3) is 0 Å². The van der Waals surface area contributed by atoms with Gasteiger partial charge in [0, 0.05) is 13.7 Å². The number of hydrogen-bond acceptors (Lipinski definition) is 3. The fourth-order valence-corrected chi connectivity index (χ4v) is 0.332. The monoisotopic (exact) mass is 104 g/mol. The van der Waals surface area contributed by atoms with Crippen molar-refractivity contribution >= 4 is 0 Å². The topological polar surface area (TPSA) is 47.3 Å². The Balaban J connectivity index is 2.99. The Morgan fingerprint density at radius 2 is 2.43 bits per heavy atom. The zero-order valence-electron chi connectivity index (χ0n) is 4.77. The first-order chi connectivity index (χ1) is 3.35. The summed E-state index contributed by atoms with van der Waals surface area (Å²) >= 11 is 0. The van der Waals surface area contributed by atoms with Crippen LogP contribution in [0.4, 0.5) is 0 Å². The van der Waals surface area contributed by atoms with E-state index in [4.69, 9.17) is 10.5 Å². The van der Waals surface area contributed by atoms with Gasteiger partial charge >= 0.3 is 0 Å². The van der Waals surface area contributed by atoms with E-state index in [2.05, 4.69) is 5.32 Å². The third-order valence-corrected chi connectivity index (χ3v) is 0.821. The molecule has 3 N–H and O–H groups in total. The highest BCUT2D eigenvalue weighted by molar-refractivity contribution is 4.47. The van der Waals surface area contributed by atoms with E-state index in [1.807, 2.05) is 0 Å². The maximum atomic E-state index is 5.21. The molecule has 0 bridgehead atoms. The van der Waals surface area contributed by atoms with Crippen molar-refractivity contribution in [2.45, 2.75) is 6.23 Å². The Kier molecular flexibility index (Phi) is 3.98. The Labute approximate surface area is 43.8 Å². The predicted molar refractivity (Wildman–Crippen MR) is 28.9 cm³/mol. The number of nitrogens with one attached hydrogen (secondary N) is 1. The van der Waals surface area contributed by atoms with Gasteiger partial charge in [-0.15, -0.1) is 0 Å². The van der Waals surface area contributed by atoms with E-state index in [-0.39, 0.29) is 6.23 Å². The summed E-state index contributed by atoms with van der Waals surface area (Å²) < 4.78 is 4.81. The summed E-state index contributed by atoms with van der Waals surface area (Å²) in [5, 5.41) is 2.85. The Morgan fingerprint density at radius 1 is 1.86 bits per heavy atom. The molecule has 3 heteroatoms. The molecule has 44 valence electrons. The van der Waals surface area contributed by atoms with Crippen LogP contribution in [0.15, 0.2) is 0 Å². The first-order valence-electron chi connectivity index (χ1n) is 2.25. The summed E-state index contributed by atoms with van der Waals surface area (Å²) in [6.45, 7) is 0.521. The normalized spacial score (nSPS) is 14.1. The maximum absolute atomic E-state index is 5.21. The van der Waals surface area contributed by atoms with Gasteiger partial charge in [0.25, 0.3) is 0 Å². The number of nitrogens with two attached hydrogens (primary N) is 1. The minimum Gasteiger partial charge on any atom is -0.365 e. The van der Waals surface area contributed by atoms with Crippen LogP contribution in [0.2, 0.25) is 0 Å². The van der Waals surface area contributed by atoms with Crippen LogP contribution in [0.1, 0.15) is 0 Å². The Bertz CT molecular complexity index is 31.2. The molecule has 0 aliphatic carbocycles. The highest BCUT2D eigenvalue weighted by atomic mass is 16.5. The van der Waals surface area contributed by atoms with Crippen molar-refractivity contribution in [3.05, 3.63) is 0 Å². The molecule has 0 spiro atoms. The fraction of sp³-hybridized carbons (Fsp3) is 1.00. The van der Waals surface area contributed by atoms with Crippen LogP contribution in [0.5, 0.6) is 0 Å². The van der Waals surface area contributed by atoms with Gasteiger partial charge in [-0.1, -0.05) is 0 Å². The van der Waals surface area contributed by atoms with E-state index >= 15 is 0 Å². The maximum Gasteiger partial charge on any atom is 0.119 e. The molecular formula is C4H12N2O. The zero-order valence-corrected chi connectivity index (χ0v) is 4.77. The number of methoxy groups -OCH3 is 1. The van der Waals surface area contributed by atoms with E-state index in [0.29, 0.717) is 6.54 Å². The van der Waals surface area contributed by atoms with Crippen LogP contribution < -0.4 is 11.1 Å². The fourth-order valence-electron chi connectivity index (χ4n) is 0.332. The molecule has 0 rings (SSSR count). The summed E-state index contributed by atoms with van der Waals surface area (Å²) in [5.74, 6) is 0. The van der Waals surface area contributed by atoms with E-state index in [1.165, 1.54) is 0 Å². The lowest BCUT2D eigenvalue weighted by molar-refractivity contribution is 0.0879. The molecule has 0 amide bonds. The van der Waals surface area contributed by atoms with Crippen molar-refractivity contribution in [3.63, 3.8) is 0 Å². The van der Waals surface area contributed by atoms with E-state index in [9.17, 15) is 0 Å². The molecule has 0 aromatic rings. The van der Waals surface area contributed by atoms with Gasteiger partial charge in [0.2, 0.25) is 0 Å². The Hall–Kier alpha value is -0.120. The second-order valence-corrected chi connectivity index (χ2v) is 1.25. The molecule has 1 unspecified atom stereocenters. The van der Waals surface area contributed by atoms with Gasteiger partial charge in [-0.2, -0.15) is 0 Å². The molecule has 0 aliphatic rings. The summed E-state index contributed by atoms with van der Waals surface area (Å²) in [5.41, 5.74) is 5.21. The quantitative estimate of drug-likeness (QED) is 0.458. The molecule has 0 fully saturated rings. The molecule has 0 aromatic carbocycles. The van der Waals surface area contributed by atoms with Gasteiger partial charge in [0.1, 0.15) is 6.23 Å². The molecular weight excluding hydrogens is 92.1 g/mol. The lowest BCUT2D eigenvalue weighted by Gasteiger charge is -2.09. The van der Waals surface area contributed by atoms with Crippen LogP contribution in [-0.2, 0) is 4.74 Å². The molecule has 0 saturated heterocycles. The lowest BCUT2D eigenvalue weighted by atomic mass is 10.6. The minimum atomic E-state index is 0.0139. The van der Waals surface area contributed by atoms with Crippen LogP contribution in [0.3, 0.4) is 0 Å². The van der Waals surface area contributed by atoms with Crippen molar-refractivity contribution in [2.75, 3.05) is 20.7 Å². The molecule has 0 aliphatic heterocycles. The van der Waals surface area contributed by atoms with Gasteiger partial charge in [0.05, 0.1) is 0 Å². The van der Waals surface area contributed by atoms with Crippen molar-refractivity contribution < 1.29 is 4.74 Å². The van der Waals surface area contributed by atoms with Crippen LogP contribution in [0, 0.1) is 0 Å². The zero-order chi connectivity index (χ0) is 5.70. The lowest BCUT2D eigenvalue weighted by Crippen LogP contribution is -2.34. The molecule has 0 aromatic heterocycles. The average Bonchev–Trinajstić information content (AvgIpc) is 1.72. The van der Waals surface area contributed by atoms with Gasteiger partial charge in [-0.05, 0) is 7.05 Å². The molecule has 7 heavy (non-hydrogen) atoms. The van der Waals surface area contributed by atoms with E-state index in [0.717, 1.165) is 0 Å². The second kappa shape index (κ2) is 4.05. The van der Waals surface area contributed by atoms with Gasteiger partial charge in [-0.3, -0.25) is 5.32 Å².